The molecule has 0 bridgehead atoms. The van der Waals surface area contributed by atoms with Crippen molar-refractivity contribution in [1.82, 2.24) is 5.32 Å². The second-order valence-corrected chi connectivity index (χ2v) is 5.39. The van der Waals surface area contributed by atoms with Crippen LogP contribution in [0.4, 0.5) is 0 Å². The lowest BCUT2D eigenvalue weighted by Gasteiger charge is -2.11. The standard InChI is InChI=1S/C15H11NO4S/c17-14(11-8-9-4-1-2-5-10(9)20-11)16-13(15(18)19)12-6-3-7-21-12/h1-8,13H,(H,16,17)(H,18,19). The average molecular weight is 301 g/mol. The molecule has 0 aliphatic carbocycles. The highest BCUT2D eigenvalue weighted by Gasteiger charge is 2.25. The molecule has 0 aliphatic rings. The minimum atomic E-state index is -1.11. The van der Waals surface area contributed by atoms with Gasteiger partial charge in [0.1, 0.15) is 5.58 Å². The highest BCUT2D eigenvalue weighted by molar-refractivity contribution is 7.10. The molecule has 21 heavy (non-hydrogen) atoms. The van der Waals surface area contributed by atoms with E-state index in [1.165, 1.54) is 11.3 Å². The zero-order valence-electron chi connectivity index (χ0n) is 10.8. The largest absolute Gasteiger partial charge is 0.479 e. The Morgan fingerprint density at radius 1 is 1.19 bits per heavy atom. The van der Waals surface area contributed by atoms with Gasteiger partial charge in [0.25, 0.3) is 5.91 Å². The lowest BCUT2D eigenvalue weighted by molar-refractivity contribution is -0.139. The quantitative estimate of drug-likeness (QED) is 0.776. The molecule has 3 rings (SSSR count). The van der Waals surface area contributed by atoms with Crippen molar-refractivity contribution in [2.75, 3.05) is 0 Å². The number of aliphatic carboxylic acids is 1. The first-order valence-corrected chi connectivity index (χ1v) is 7.09. The minimum Gasteiger partial charge on any atom is -0.479 e. The maximum atomic E-state index is 12.2. The summed E-state index contributed by atoms with van der Waals surface area (Å²) in [6.45, 7) is 0. The molecule has 106 valence electrons. The summed E-state index contributed by atoms with van der Waals surface area (Å²) in [6, 6.07) is 11.1. The summed E-state index contributed by atoms with van der Waals surface area (Å²) in [7, 11) is 0. The van der Waals surface area contributed by atoms with E-state index in [0.29, 0.717) is 10.5 Å². The Kier molecular flexibility index (Phi) is 3.45. The monoisotopic (exact) mass is 301 g/mol. The van der Waals surface area contributed by atoms with Gasteiger partial charge in [-0.05, 0) is 23.6 Å². The first-order valence-electron chi connectivity index (χ1n) is 6.21. The number of hydrogen-bond donors (Lipinski definition) is 2. The summed E-state index contributed by atoms with van der Waals surface area (Å²) in [5.74, 6) is -1.56. The van der Waals surface area contributed by atoms with Crippen molar-refractivity contribution < 1.29 is 19.1 Å². The van der Waals surface area contributed by atoms with Crippen molar-refractivity contribution in [3.05, 3.63) is 58.5 Å². The maximum absolute atomic E-state index is 12.2. The molecule has 2 heterocycles. The molecule has 2 N–H and O–H groups in total. The Bertz CT molecular complexity index is 758. The van der Waals surface area contributed by atoms with Gasteiger partial charge in [0.15, 0.2) is 11.8 Å². The lowest BCUT2D eigenvalue weighted by atomic mass is 10.2. The van der Waals surface area contributed by atoms with E-state index in [4.69, 9.17) is 4.42 Å². The number of para-hydroxylation sites is 1. The molecule has 3 aromatic rings. The van der Waals surface area contributed by atoms with Gasteiger partial charge in [-0.15, -0.1) is 11.3 Å². The van der Waals surface area contributed by atoms with Crippen molar-refractivity contribution in [3.63, 3.8) is 0 Å². The summed E-state index contributed by atoms with van der Waals surface area (Å²) >= 11 is 1.28. The zero-order chi connectivity index (χ0) is 14.8. The highest BCUT2D eigenvalue weighted by Crippen LogP contribution is 2.22. The number of carboxylic acid groups (broad SMARTS) is 1. The fourth-order valence-electron chi connectivity index (χ4n) is 2.01. The van der Waals surface area contributed by atoms with Crippen LogP contribution in [0.15, 0.2) is 52.3 Å². The lowest BCUT2D eigenvalue weighted by Crippen LogP contribution is -2.32. The molecule has 0 radical (unpaired) electrons. The normalized spacial score (nSPS) is 12.2. The van der Waals surface area contributed by atoms with Crippen LogP contribution in [-0.2, 0) is 4.79 Å². The second-order valence-electron chi connectivity index (χ2n) is 4.41. The molecular weight excluding hydrogens is 290 g/mol. The number of amides is 1. The number of carbonyl (C=O) groups excluding carboxylic acids is 1. The third-order valence-electron chi connectivity index (χ3n) is 3.00. The molecular formula is C15H11NO4S. The van der Waals surface area contributed by atoms with Crippen LogP contribution in [0.2, 0.25) is 0 Å². The number of carbonyl (C=O) groups is 2. The summed E-state index contributed by atoms with van der Waals surface area (Å²) in [4.78, 5) is 24.0. The fraction of sp³-hybridized carbons (Fsp3) is 0.0667. The number of rotatable bonds is 4. The van der Waals surface area contributed by atoms with Crippen molar-refractivity contribution in [2.45, 2.75) is 6.04 Å². The molecule has 0 saturated heterocycles. The number of fused-ring (bicyclic) bond motifs is 1. The van der Waals surface area contributed by atoms with Crippen LogP contribution in [-0.4, -0.2) is 17.0 Å². The van der Waals surface area contributed by atoms with Gasteiger partial charge in [-0.1, -0.05) is 24.3 Å². The van der Waals surface area contributed by atoms with Crippen LogP contribution in [0.25, 0.3) is 11.0 Å². The first-order chi connectivity index (χ1) is 10.1. The van der Waals surface area contributed by atoms with Crippen LogP contribution in [0.1, 0.15) is 21.5 Å². The van der Waals surface area contributed by atoms with Crippen LogP contribution in [0.5, 0.6) is 0 Å². The van der Waals surface area contributed by atoms with Crippen LogP contribution < -0.4 is 5.32 Å². The van der Waals surface area contributed by atoms with Crippen LogP contribution >= 0.6 is 11.3 Å². The average Bonchev–Trinajstić information content (AvgIpc) is 3.12. The summed E-state index contributed by atoms with van der Waals surface area (Å²) < 4.78 is 5.43. The van der Waals surface area contributed by atoms with Crippen molar-refractivity contribution >= 4 is 34.2 Å². The molecule has 5 nitrogen and oxygen atoms in total. The predicted molar refractivity (Wildman–Crippen MR) is 78.4 cm³/mol. The Morgan fingerprint density at radius 3 is 2.67 bits per heavy atom. The predicted octanol–water partition coefficient (Wildman–Crippen LogP) is 3.05. The van der Waals surface area contributed by atoms with Gasteiger partial charge in [-0.2, -0.15) is 0 Å². The van der Waals surface area contributed by atoms with E-state index in [9.17, 15) is 14.7 Å². The molecule has 1 unspecified atom stereocenters. The zero-order valence-corrected chi connectivity index (χ0v) is 11.6. The number of carboxylic acids is 1. The molecule has 0 saturated carbocycles. The van der Waals surface area contributed by atoms with Crippen molar-refractivity contribution in [3.8, 4) is 0 Å². The van der Waals surface area contributed by atoms with Crippen molar-refractivity contribution in [2.24, 2.45) is 0 Å². The fourth-order valence-corrected chi connectivity index (χ4v) is 2.77. The molecule has 1 amide bonds. The van der Waals surface area contributed by atoms with Gasteiger partial charge in [0.05, 0.1) is 0 Å². The number of benzene rings is 1. The van der Waals surface area contributed by atoms with Crippen LogP contribution in [0, 0.1) is 0 Å². The van der Waals surface area contributed by atoms with Gasteiger partial charge in [-0.25, -0.2) is 4.79 Å². The Hall–Kier alpha value is -2.60. The molecule has 2 aromatic heterocycles. The minimum absolute atomic E-state index is 0.0963. The number of furan rings is 1. The molecule has 1 atom stereocenters. The molecule has 0 fully saturated rings. The third kappa shape index (κ3) is 2.66. The van der Waals surface area contributed by atoms with E-state index in [1.54, 1.807) is 35.7 Å². The SMILES string of the molecule is O=C(NC(C(=O)O)c1cccs1)c1cc2ccccc2o1. The maximum Gasteiger partial charge on any atom is 0.331 e. The van der Waals surface area contributed by atoms with Gasteiger partial charge in [0.2, 0.25) is 0 Å². The van der Waals surface area contributed by atoms with Gasteiger partial charge >= 0.3 is 5.97 Å². The molecule has 6 heteroatoms. The number of nitrogens with one attached hydrogen (secondary N) is 1. The van der Waals surface area contributed by atoms with Gasteiger partial charge in [-0.3, -0.25) is 4.79 Å². The van der Waals surface area contributed by atoms with E-state index < -0.39 is 17.9 Å². The highest BCUT2D eigenvalue weighted by atomic mass is 32.1. The number of thiophene rings is 1. The van der Waals surface area contributed by atoms with Gasteiger partial charge < -0.3 is 14.8 Å². The summed E-state index contributed by atoms with van der Waals surface area (Å²) in [6.07, 6.45) is 0. The Morgan fingerprint density at radius 2 is 2.00 bits per heavy atom. The van der Waals surface area contributed by atoms with Crippen LogP contribution in [0.3, 0.4) is 0 Å². The number of hydrogen-bond acceptors (Lipinski definition) is 4. The Labute approximate surface area is 123 Å². The Balaban J connectivity index is 1.86. The third-order valence-corrected chi connectivity index (χ3v) is 3.94. The van der Waals surface area contributed by atoms with E-state index in [2.05, 4.69) is 5.32 Å². The summed E-state index contributed by atoms with van der Waals surface area (Å²) in [5, 5.41) is 14.3. The van der Waals surface area contributed by atoms with E-state index in [1.807, 2.05) is 12.1 Å². The molecule has 0 spiro atoms. The first kappa shape index (κ1) is 13.4. The van der Waals surface area contributed by atoms with E-state index in [-0.39, 0.29) is 5.76 Å². The molecule has 1 aromatic carbocycles. The second kappa shape index (κ2) is 5.41. The van der Waals surface area contributed by atoms with E-state index >= 15 is 0 Å². The summed E-state index contributed by atoms with van der Waals surface area (Å²) in [5.41, 5.74) is 0.589. The van der Waals surface area contributed by atoms with Crippen molar-refractivity contribution in [1.29, 1.82) is 0 Å². The molecule has 0 aliphatic heterocycles. The van der Waals surface area contributed by atoms with Gasteiger partial charge in [0, 0.05) is 10.3 Å². The van der Waals surface area contributed by atoms with E-state index in [0.717, 1.165) is 5.39 Å². The smallest absolute Gasteiger partial charge is 0.331 e. The topological polar surface area (TPSA) is 79.5 Å².